The van der Waals surface area contributed by atoms with E-state index in [9.17, 15) is 9.76 Å². The Bertz CT molecular complexity index is 1150. The van der Waals surface area contributed by atoms with Crippen LogP contribution in [0.3, 0.4) is 0 Å². The van der Waals surface area contributed by atoms with E-state index in [1.807, 2.05) is 128 Å². The largest absolute Gasteiger partial charge is 0.256 e. The zero-order valence-corrected chi connectivity index (χ0v) is 23.8. The van der Waals surface area contributed by atoms with E-state index in [2.05, 4.69) is 51.4 Å². The number of halogens is 3. The number of pyridine rings is 3. The van der Waals surface area contributed by atoms with Crippen molar-refractivity contribution in [2.24, 2.45) is 0 Å². The molecule has 3 aromatic carbocycles. The van der Waals surface area contributed by atoms with Gasteiger partial charge in [0.2, 0.25) is 0 Å². The van der Waals surface area contributed by atoms with E-state index in [0.29, 0.717) is 0 Å². The molecule has 6 rings (SSSR count). The van der Waals surface area contributed by atoms with E-state index >= 15 is 0 Å². The van der Waals surface area contributed by atoms with Gasteiger partial charge in [0, 0.05) is 35.3 Å². The van der Waals surface area contributed by atoms with Crippen molar-refractivity contribution in [3.63, 3.8) is 0 Å². The number of aromatic nitrogens is 3. The Hall–Kier alpha value is -4.45. The molecule has 0 aliphatic heterocycles. The maximum atomic E-state index is 9.83. The van der Waals surface area contributed by atoms with Gasteiger partial charge >= 0.3 is 27.8 Å². The van der Waals surface area contributed by atoms with Gasteiger partial charge in [-0.15, -0.1) is 0 Å². The fourth-order valence-corrected chi connectivity index (χ4v) is 3.43. The molecule has 204 valence electrons. The van der Waals surface area contributed by atoms with Crippen LogP contribution in [0.4, 0.5) is 9.76 Å². The van der Waals surface area contributed by atoms with Crippen LogP contribution in [0.2, 0.25) is 0 Å². The second-order valence-electron chi connectivity index (χ2n) is 7.89. The Morgan fingerprint density at radius 2 is 0.550 bits per heavy atom. The van der Waals surface area contributed by atoms with E-state index in [0.717, 1.165) is 33.8 Å². The minimum absolute atomic E-state index is 1.03. The van der Waals surface area contributed by atoms with Crippen LogP contribution in [0, 0.1) is 0 Å². The minimum atomic E-state index is -4.83. The summed E-state index contributed by atoms with van der Waals surface area (Å²) < 4.78 is 29.5. The molecular weight excluding hydrogens is 688 g/mol. The quantitative estimate of drug-likeness (QED) is 0.183. The second-order valence-corrected chi connectivity index (χ2v) is 8.91. The molecule has 0 atom stereocenters. The Balaban J connectivity index is 0.000000155. The maximum absolute atomic E-state index is 9.83. The van der Waals surface area contributed by atoms with E-state index in [4.69, 9.17) is 0 Å². The van der Waals surface area contributed by atoms with Crippen LogP contribution in [0.15, 0.2) is 164 Å². The fraction of sp³-hybridized carbons (Fsp3) is 0. The average molecular weight is 715 g/mol. The van der Waals surface area contributed by atoms with Crippen molar-refractivity contribution >= 4 is 0 Å². The summed E-state index contributed by atoms with van der Waals surface area (Å²) in [4.78, 5) is 12.7. The van der Waals surface area contributed by atoms with Gasteiger partial charge in [0.25, 0.3) is 0 Å². The zero-order chi connectivity index (χ0) is 28.3. The predicted molar refractivity (Wildman–Crippen MR) is 152 cm³/mol. The SMILES string of the molecule is [F][Ir]([F])[F].c1ccc(-c2ccccn2)cc1.c1ccc(-c2ccccn2)cc1.c1ccc(-c2ccccn2)cc1. The van der Waals surface area contributed by atoms with Crippen molar-refractivity contribution in [3.05, 3.63) is 164 Å². The molecule has 7 heteroatoms. The van der Waals surface area contributed by atoms with E-state index in [-0.39, 0.29) is 0 Å². The summed E-state index contributed by atoms with van der Waals surface area (Å²) in [7, 11) is 0. The monoisotopic (exact) mass is 715 g/mol. The summed E-state index contributed by atoms with van der Waals surface area (Å²) in [5.41, 5.74) is 6.57. The van der Waals surface area contributed by atoms with Gasteiger partial charge in [0.1, 0.15) is 0 Å². The summed E-state index contributed by atoms with van der Waals surface area (Å²) in [6.07, 6.45) is 5.42. The first kappa shape index (κ1) is 30.1. The van der Waals surface area contributed by atoms with Gasteiger partial charge in [-0.1, -0.05) is 109 Å². The predicted octanol–water partition coefficient (Wildman–Crippen LogP) is 9.50. The molecule has 0 aliphatic carbocycles. The molecule has 0 fully saturated rings. The second kappa shape index (κ2) is 17.9. The summed E-state index contributed by atoms with van der Waals surface area (Å²) >= 11 is -4.83. The van der Waals surface area contributed by atoms with Crippen LogP contribution in [-0.4, -0.2) is 15.0 Å². The standard InChI is InChI=1S/3C11H9N.3FH.Ir/c3*1-2-6-10(7-3-1)11-8-4-5-9-12-11;;;;/h3*1-9H;3*1H;/q;;;;;;+3/p-3. The molecule has 0 aliphatic rings. The third kappa shape index (κ3) is 11.5. The molecule has 0 spiro atoms. The van der Waals surface area contributed by atoms with E-state index in [1.165, 1.54) is 0 Å². The van der Waals surface area contributed by atoms with Crippen molar-refractivity contribution in [1.29, 1.82) is 0 Å². The molecule has 6 aromatic rings. The van der Waals surface area contributed by atoms with Gasteiger partial charge in [-0.3, -0.25) is 15.0 Å². The third-order valence-electron chi connectivity index (χ3n) is 5.20. The van der Waals surface area contributed by atoms with Gasteiger partial charge in [-0.2, -0.15) is 0 Å². The number of benzene rings is 3. The summed E-state index contributed by atoms with van der Waals surface area (Å²) in [6, 6.07) is 48.3. The summed E-state index contributed by atoms with van der Waals surface area (Å²) in [5.74, 6) is 0. The average Bonchev–Trinajstić information content (AvgIpc) is 3.04. The van der Waals surface area contributed by atoms with Crippen molar-refractivity contribution in [3.8, 4) is 33.8 Å². The topological polar surface area (TPSA) is 38.7 Å². The van der Waals surface area contributed by atoms with Crippen LogP contribution in [-0.2, 0) is 18.0 Å². The maximum Gasteiger partial charge on any atom is 0.0701 e. The molecule has 3 nitrogen and oxygen atoms in total. The van der Waals surface area contributed by atoms with Gasteiger partial charge < -0.3 is 0 Å². The summed E-state index contributed by atoms with van der Waals surface area (Å²) in [6.45, 7) is 0. The molecule has 0 N–H and O–H groups in total. The van der Waals surface area contributed by atoms with Gasteiger partial charge in [0.15, 0.2) is 0 Å². The molecule has 0 unspecified atom stereocenters. The van der Waals surface area contributed by atoms with Gasteiger partial charge in [-0.05, 0) is 36.4 Å². The van der Waals surface area contributed by atoms with Crippen molar-refractivity contribution < 1.29 is 27.8 Å². The molecule has 0 bridgehead atoms. The smallest absolute Gasteiger partial charge is 0.0701 e. The van der Waals surface area contributed by atoms with Crippen molar-refractivity contribution in [2.75, 3.05) is 0 Å². The first-order valence-corrected chi connectivity index (χ1v) is 14.9. The molecule has 0 radical (unpaired) electrons. The summed E-state index contributed by atoms with van der Waals surface area (Å²) in [5, 5.41) is 0. The minimum Gasteiger partial charge on any atom is -0.256 e. The fourth-order valence-electron chi connectivity index (χ4n) is 3.43. The van der Waals surface area contributed by atoms with Crippen LogP contribution in [0.1, 0.15) is 0 Å². The zero-order valence-electron chi connectivity index (χ0n) is 21.4. The first-order chi connectivity index (χ1) is 19.6. The van der Waals surface area contributed by atoms with Crippen LogP contribution >= 0.6 is 0 Å². The number of nitrogens with zero attached hydrogens (tertiary/aromatic N) is 3. The molecular formula is C33H27F3IrN3. The van der Waals surface area contributed by atoms with Gasteiger partial charge in [-0.25, -0.2) is 0 Å². The number of hydrogen-bond donors (Lipinski definition) is 0. The van der Waals surface area contributed by atoms with Crippen LogP contribution in [0.25, 0.3) is 33.8 Å². The van der Waals surface area contributed by atoms with Crippen molar-refractivity contribution in [2.45, 2.75) is 0 Å². The van der Waals surface area contributed by atoms with Crippen LogP contribution in [0.5, 0.6) is 0 Å². The third-order valence-corrected chi connectivity index (χ3v) is 5.20. The molecule has 0 saturated heterocycles. The van der Waals surface area contributed by atoms with Crippen molar-refractivity contribution in [1.82, 2.24) is 15.0 Å². The van der Waals surface area contributed by atoms with E-state index < -0.39 is 18.0 Å². The Kier molecular flexibility index (Phi) is 13.5. The number of rotatable bonds is 3. The van der Waals surface area contributed by atoms with E-state index in [1.54, 1.807) is 0 Å². The number of hydrogen-bond acceptors (Lipinski definition) is 3. The molecule has 3 aromatic heterocycles. The Labute approximate surface area is 240 Å². The molecule has 0 saturated carbocycles. The Morgan fingerprint density at radius 1 is 0.325 bits per heavy atom. The molecule has 3 heterocycles. The Morgan fingerprint density at radius 3 is 0.750 bits per heavy atom. The molecule has 0 amide bonds. The van der Waals surface area contributed by atoms with Crippen LogP contribution < -0.4 is 0 Å². The normalized spacial score (nSPS) is 9.82. The first-order valence-electron chi connectivity index (χ1n) is 12.2. The molecule has 40 heavy (non-hydrogen) atoms. The van der Waals surface area contributed by atoms with Gasteiger partial charge in [0.05, 0.1) is 17.1 Å².